The number of hydrogen-bond donors (Lipinski definition) is 2. The Bertz CT molecular complexity index is 318. The third-order valence-electron chi connectivity index (χ3n) is 5.69. The maximum atomic E-state index is 10.6. The molecule has 0 aromatic heterocycles. The van der Waals surface area contributed by atoms with E-state index in [2.05, 4.69) is 5.32 Å². The third-order valence-corrected chi connectivity index (χ3v) is 5.69. The highest BCUT2D eigenvalue weighted by Gasteiger charge is 2.53. The van der Waals surface area contributed by atoms with E-state index >= 15 is 0 Å². The van der Waals surface area contributed by atoms with Gasteiger partial charge in [-0.3, -0.25) is 4.79 Å². The van der Waals surface area contributed by atoms with Gasteiger partial charge in [0.15, 0.2) is 0 Å². The van der Waals surface area contributed by atoms with Crippen LogP contribution in [0.5, 0.6) is 0 Å². The lowest BCUT2D eigenvalue weighted by atomic mass is 9.79. The highest BCUT2D eigenvalue weighted by molar-refractivity contribution is 5.73. The number of unbranched alkanes of at least 4 members (excludes halogenated alkanes) is 1. The fourth-order valence-corrected chi connectivity index (χ4v) is 5.01. The number of rotatable bonds is 6. The van der Waals surface area contributed by atoms with E-state index in [1.54, 1.807) is 0 Å². The molecular weight excluding hydrogens is 224 g/mol. The molecule has 0 aromatic rings. The summed E-state index contributed by atoms with van der Waals surface area (Å²) in [5, 5.41) is 3.75. The first-order chi connectivity index (χ1) is 8.75. The van der Waals surface area contributed by atoms with Crippen LogP contribution in [-0.4, -0.2) is 18.5 Å². The van der Waals surface area contributed by atoms with E-state index < -0.39 is 0 Å². The summed E-state index contributed by atoms with van der Waals surface area (Å²) in [6, 6.07) is 0.780. The molecule has 3 aliphatic carbocycles. The molecule has 3 nitrogen and oxygen atoms in total. The Morgan fingerprint density at radius 1 is 1.11 bits per heavy atom. The van der Waals surface area contributed by atoms with Crippen LogP contribution in [0.15, 0.2) is 0 Å². The van der Waals surface area contributed by atoms with E-state index in [1.807, 2.05) is 0 Å². The third kappa shape index (κ3) is 2.29. The summed E-state index contributed by atoms with van der Waals surface area (Å²) in [5.74, 6) is 3.97. The number of primary amides is 1. The lowest BCUT2D eigenvalue weighted by Crippen LogP contribution is -2.39. The molecule has 3 N–H and O–H groups in total. The topological polar surface area (TPSA) is 55.1 Å². The maximum absolute atomic E-state index is 10.6. The van der Waals surface area contributed by atoms with Gasteiger partial charge in [-0.2, -0.15) is 0 Å². The number of carbonyl (C=O) groups excluding carboxylic acids is 1. The second kappa shape index (κ2) is 5.20. The zero-order chi connectivity index (χ0) is 12.5. The number of amides is 1. The van der Waals surface area contributed by atoms with Crippen LogP contribution in [0.4, 0.5) is 0 Å². The fraction of sp³-hybridized carbons (Fsp3) is 0.933. The molecule has 0 aromatic carbocycles. The van der Waals surface area contributed by atoms with Gasteiger partial charge in [-0.05, 0) is 68.7 Å². The van der Waals surface area contributed by atoms with Crippen molar-refractivity contribution < 1.29 is 4.79 Å². The van der Waals surface area contributed by atoms with Gasteiger partial charge in [-0.1, -0.05) is 6.42 Å². The van der Waals surface area contributed by atoms with Crippen LogP contribution in [0.3, 0.4) is 0 Å². The number of nitrogens with two attached hydrogens (primary N) is 1. The molecule has 0 heterocycles. The second-order valence-corrected chi connectivity index (χ2v) is 6.64. The highest BCUT2D eigenvalue weighted by atomic mass is 16.1. The van der Waals surface area contributed by atoms with Gasteiger partial charge in [-0.15, -0.1) is 0 Å². The zero-order valence-corrected chi connectivity index (χ0v) is 11.2. The summed E-state index contributed by atoms with van der Waals surface area (Å²) < 4.78 is 0. The quantitative estimate of drug-likeness (QED) is 0.709. The van der Waals surface area contributed by atoms with E-state index in [4.69, 9.17) is 5.73 Å². The van der Waals surface area contributed by atoms with Gasteiger partial charge in [0.05, 0.1) is 0 Å². The molecule has 5 unspecified atom stereocenters. The lowest BCUT2D eigenvalue weighted by molar-refractivity contribution is -0.118. The SMILES string of the molecule is NC(=O)CCCCNC1CC2CC1C1CCCC21. The van der Waals surface area contributed by atoms with Gasteiger partial charge in [0.1, 0.15) is 0 Å². The van der Waals surface area contributed by atoms with Gasteiger partial charge < -0.3 is 11.1 Å². The summed E-state index contributed by atoms with van der Waals surface area (Å²) in [4.78, 5) is 10.6. The van der Waals surface area contributed by atoms with E-state index in [1.165, 1.54) is 32.1 Å². The van der Waals surface area contributed by atoms with Gasteiger partial charge in [0.25, 0.3) is 0 Å². The van der Waals surface area contributed by atoms with E-state index in [-0.39, 0.29) is 5.91 Å². The van der Waals surface area contributed by atoms with Crippen LogP contribution in [0.1, 0.15) is 51.4 Å². The van der Waals surface area contributed by atoms with Gasteiger partial charge in [-0.25, -0.2) is 0 Å². The molecule has 0 saturated heterocycles. The van der Waals surface area contributed by atoms with Crippen molar-refractivity contribution in [3.63, 3.8) is 0 Å². The largest absolute Gasteiger partial charge is 0.370 e. The average molecular weight is 250 g/mol. The Hall–Kier alpha value is -0.570. The molecule has 0 radical (unpaired) electrons. The normalized spacial score (nSPS) is 41.2. The van der Waals surface area contributed by atoms with Crippen molar-refractivity contribution in [1.29, 1.82) is 0 Å². The summed E-state index contributed by atoms with van der Waals surface area (Å²) in [6.07, 6.45) is 9.97. The summed E-state index contributed by atoms with van der Waals surface area (Å²) in [7, 11) is 0. The van der Waals surface area contributed by atoms with Crippen molar-refractivity contribution in [1.82, 2.24) is 5.32 Å². The summed E-state index contributed by atoms with van der Waals surface area (Å²) in [5.41, 5.74) is 5.15. The minimum absolute atomic E-state index is 0.163. The van der Waals surface area contributed by atoms with Crippen molar-refractivity contribution >= 4 is 5.91 Å². The van der Waals surface area contributed by atoms with Crippen LogP contribution >= 0.6 is 0 Å². The Morgan fingerprint density at radius 3 is 2.78 bits per heavy atom. The standard InChI is InChI=1S/C15H26N2O/c16-15(18)6-1-2-7-17-14-9-10-8-13(14)12-5-3-4-11(10)12/h10-14,17H,1-9H2,(H2,16,18). The Balaban J connectivity index is 1.39. The maximum Gasteiger partial charge on any atom is 0.217 e. The van der Waals surface area contributed by atoms with Crippen LogP contribution in [-0.2, 0) is 4.79 Å². The van der Waals surface area contributed by atoms with Crippen LogP contribution in [0, 0.1) is 23.7 Å². The smallest absolute Gasteiger partial charge is 0.217 e. The number of carbonyl (C=O) groups is 1. The second-order valence-electron chi connectivity index (χ2n) is 6.64. The lowest BCUT2D eigenvalue weighted by Gasteiger charge is -2.32. The molecule has 5 atom stereocenters. The predicted octanol–water partition coefficient (Wildman–Crippen LogP) is 2.06. The molecule has 18 heavy (non-hydrogen) atoms. The number of fused-ring (bicyclic) bond motifs is 5. The van der Waals surface area contributed by atoms with Crippen molar-refractivity contribution in [3.8, 4) is 0 Å². The van der Waals surface area contributed by atoms with Gasteiger partial charge in [0, 0.05) is 12.5 Å². The van der Waals surface area contributed by atoms with Gasteiger partial charge >= 0.3 is 0 Å². The molecule has 3 rings (SSSR count). The molecule has 0 aliphatic heterocycles. The first kappa shape index (κ1) is 12.5. The van der Waals surface area contributed by atoms with Crippen molar-refractivity contribution in [2.24, 2.45) is 29.4 Å². The molecule has 2 bridgehead atoms. The number of nitrogens with one attached hydrogen (secondary N) is 1. The zero-order valence-electron chi connectivity index (χ0n) is 11.2. The molecule has 1 amide bonds. The van der Waals surface area contributed by atoms with E-state index in [0.717, 1.165) is 49.1 Å². The monoisotopic (exact) mass is 250 g/mol. The highest BCUT2D eigenvalue weighted by Crippen LogP contribution is 2.58. The minimum atomic E-state index is -0.163. The summed E-state index contributed by atoms with van der Waals surface area (Å²) >= 11 is 0. The van der Waals surface area contributed by atoms with Crippen molar-refractivity contribution in [3.05, 3.63) is 0 Å². The molecule has 3 heteroatoms. The Morgan fingerprint density at radius 2 is 1.94 bits per heavy atom. The van der Waals surface area contributed by atoms with Crippen LogP contribution in [0.25, 0.3) is 0 Å². The van der Waals surface area contributed by atoms with E-state index in [0.29, 0.717) is 6.42 Å². The van der Waals surface area contributed by atoms with Crippen molar-refractivity contribution in [2.45, 2.75) is 57.4 Å². The molecule has 3 fully saturated rings. The van der Waals surface area contributed by atoms with E-state index in [9.17, 15) is 4.79 Å². The van der Waals surface area contributed by atoms with Crippen molar-refractivity contribution in [2.75, 3.05) is 6.54 Å². The van der Waals surface area contributed by atoms with Crippen LogP contribution < -0.4 is 11.1 Å². The molecule has 3 saturated carbocycles. The first-order valence-corrected chi connectivity index (χ1v) is 7.77. The van der Waals surface area contributed by atoms with Crippen LogP contribution in [0.2, 0.25) is 0 Å². The Kier molecular flexibility index (Phi) is 3.60. The fourth-order valence-electron chi connectivity index (χ4n) is 5.01. The molecule has 3 aliphatic rings. The first-order valence-electron chi connectivity index (χ1n) is 7.77. The molecule has 102 valence electrons. The molecule has 0 spiro atoms. The van der Waals surface area contributed by atoms with Gasteiger partial charge in [0.2, 0.25) is 5.91 Å². The minimum Gasteiger partial charge on any atom is -0.370 e. The molecular formula is C15H26N2O. The predicted molar refractivity (Wildman–Crippen MR) is 71.9 cm³/mol. The average Bonchev–Trinajstić information content (AvgIpc) is 2.99. The summed E-state index contributed by atoms with van der Waals surface area (Å²) in [6.45, 7) is 1.07. The Labute approximate surface area is 110 Å². The number of hydrogen-bond acceptors (Lipinski definition) is 2.